The van der Waals surface area contributed by atoms with Gasteiger partial charge in [0.05, 0.1) is 17.3 Å². The van der Waals surface area contributed by atoms with Crippen LogP contribution in [0.15, 0.2) is 42.7 Å². The Morgan fingerprint density at radius 3 is 2.55 bits per heavy atom. The first-order valence-corrected chi connectivity index (χ1v) is 5.68. The van der Waals surface area contributed by atoms with Gasteiger partial charge in [0.25, 0.3) is 0 Å². The standard InChI is InChI=1S/C14H10F3NO2/c1-9(19)12-4-2-3-5-13(12)20-11-6-10(7-18-8-11)14(15,16)17/h2-8H,1H3. The van der Waals surface area contributed by atoms with Crippen LogP contribution in [0.1, 0.15) is 22.8 Å². The monoisotopic (exact) mass is 281 g/mol. The number of pyridine rings is 1. The smallest absolute Gasteiger partial charge is 0.418 e. The molecule has 0 aliphatic rings. The Bertz CT molecular complexity index is 638. The minimum atomic E-state index is -4.49. The molecule has 0 radical (unpaired) electrons. The van der Waals surface area contributed by atoms with Crippen LogP contribution in [0.2, 0.25) is 0 Å². The number of carbonyl (C=O) groups excluding carboxylic acids is 1. The Hall–Kier alpha value is -2.37. The quantitative estimate of drug-likeness (QED) is 0.795. The van der Waals surface area contributed by atoms with Gasteiger partial charge in [-0.15, -0.1) is 0 Å². The molecule has 2 aromatic rings. The van der Waals surface area contributed by atoms with Crippen molar-refractivity contribution < 1.29 is 22.7 Å². The highest BCUT2D eigenvalue weighted by molar-refractivity contribution is 5.96. The van der Waals surface area contributed by atoms with Gasteiger partial charge in [0.1, 0.15) is 11.5 Å². The summed E-state index contributed by atoms with van der Waals surface area (Å²) in [7, 11) is 0. The van der Waals surface area contributed by atoms with Crippen molar-refractivity contribution in [3.8, 4) is 11.5 Å². The van der Waals surface area contributed by atoms with Crippen molar-refractivity contribution >= 4 is 5.78 Å². The van der Waals surface area contributed by atoms with Crippen LogP contribution in [-0.4, -0.2) is 10.8 Å². The topological polar surface area (TPSA) is 39.2 Å². The largest absolute Gasteiger partial charge is 0.455 e. The summed E-state index contributed by atoms with van der Waals surface area (Å²) in [6, 6.07) is 7.16. The van der Waals surface area contributed by atoms with Crippen LogP contribution in [0.5, 0.6) is 11.5 Å². The minimum Gasteiger partial charge on any atom is -0.455 e. The average molecular weight is 281 g/mol. The Kier molecular flexibility index (Phi) is 3.74. The number of para-hydroxylation sites is 1. The predicted octanol–water partition coefficient (Wildman–Crippen LogP) is 4.10. The van der Waals surface area contributed by atoms with E-state index in [0.717, 1.165) is 12.3 Å². The van der Waals surface area contributed by atoms with E-state index >= 15 is 0 Å². The fraction of sp³-hybridized carbons (Fsp3) is 0.143. The van der Waals surface area contributed by atoms with E-state index in [1.165, 1.54) is 13.0 Å². The number of Topliss-reactive ketones (excluding diaryl/α,β-unsaturated/α-hetero) is 1. The summed E-state index contributed by atoms with van der Waals surface area (Å²) in [6.07, 6.45) is -2.62. The van der Waals surface area contributed by atoms with Crippen LogP contribution in [0.3, 0.4) is 0 Å². The van der Waals surface area contributed by atoms with E-state index in [1.54, 1.807) is 18.2 Å². The summed E-state index contributed by atoms with van der Waals surface area (Å²) >= 11 is 0. The van der Waals surface area contributed by atoms with E-state index < -0.39 is 11.7 Å². The maximum atomic E-state index is 12.6. The SMILES string of the molecule is CC(=O)c1ccccc1Oc1cncc(C(F)(F)F)c1. The lowest BCUT2D eigenvalue weighted by Crippen LogP contribution is -2.05. The Morgan fingerprint density at radius 2 is 1.90 bits per heavy atom. The lowest BCUT2D eigenvalue weighted by atomic mass is 10.1. The second-order valence-electron chi connectivity index (χ2n) is 4.06. The number of hydrogen-bond donors (Lipinski definition) is 0. The molecule has 1 aromatic heterocycles. The van der Waals surface area contributed by atoms with Crippen molar-refractivity contribution in [1.29, 1.82) is 0 Å². The van der Waals surface area contributed by atoms with Crippen molar-refractivity contribution in [1.82, 2.24) is 4.98 Å². The highest BCUT2D eigenvalue weighted by Crippen LogP contribution is 2.32. The summed E-state index contributed by atoms with van der Waals surface area (Å²) in [5.74, 6) is -0.116. The third-order valence-corrected chi connectivity index (χ3v) is 2.53. The first-order valence-electron chi connectivity index (χ1n) is 5.68. The first kappa shape index (κ1) is 14.0. The predicted molar refractivity (Wildman–Crippen MR) is 65.8 cm³/mol. The molecule has 0 aliphatic heterocycles. The number of nitrogens with zero attached hydrogens (tertiary/aromatic N) is 1. The third kappa shape index (κ3) is 3.14. The van der Waals surface area contributed by atoms with Gasteiger partial charge in [-0.2, -0.15) is 13.2 Å². The van der Waals surface area contributed by atoms with E-state index in [1.807, 2.05) is 0 Å². The number of hydrogen-bond acceptors (Lipinski definition) is 3. The van der Waals surface area contributed by atoms with E-state index in [2.05, 4.69) is 4.98 Å². The molecule has 0 atom stereocenters. The number of alkyl halides is 3. The van der Waals surface area contributed by atoms with Crippen LogP contribution >= 0.6 is 0 Å². The molecule has 0 saturated heterocycles. The summed E-state index contributed by atoms with van der Waals surface area (Å²) in [5.41, 5.74) is -0.611. The first-order chi connectivity index (χ1) is 9.38. The Morgan fingerprint density at radius 1 is 1.20 bits per heavy atom. The van der Waals surface area contributed by atoms with Gasteiger partial charge in [0.2, 0.25) is 0 Å². The summed E-state index contributed by atoms with van der Waals surface area (Å²) in [4.78, 5) is 14.9. The zero-order valence-electron chi connectivity index (χ0n) is 10.4. The molecule has 3 nitrogen and oxygen atoms in total. The Labute approximate surface area is 113 Å². The van der Waals surface area contributed by atoms with Crippen LogP contribution in [-0.2, 0) is 6.18 Å². The van der Waals surface area contributed by atoms with Crippen molar-refractivity contribution in [2.24, 2.45) is 0 Å². The maximum Gasteiger partial charge on any atom is 0.418 e. The van der Waals surface area contributed by atoms with Gasteiger partial charge in [-0.25, -0.2) is 0 Å². The number of rotatable bonds is 3. The molecule has 20 heavy (non-hydrogen) atoms. The zero-order valence-corrected chi connectivity index (χ0v) is 10.4. The maximum absolute atomic E-state index is 12.6. The molecule has 0 unspecified atom stereocenters. The molecule has 0 fully saturated rings. The molecule has 0 spiro atoms. The van der Waals surface area contributed by atoms with Crippen molar-refractivity contribution in [3.05, 3.63) is 53.9 Å². The Balaban J connectivity index is 2.34. The van der Waals surface area contributed by atoms with Gasteiger partial charge < -0.3 is 4.74 Å². The molecule has 0 N–H and O–H groups in total. The van der Waals surface area contributed by atoms with E-state index in [-0.39, 0.29) is 17.3 Å². The lowest BCUT2D eigenvalue weighted by molar-refractivity contribution is -0.137. The molecule has 2 rings (SSSR count). The molecule has 0 saturated carbocycles. The number of ketones is 1. The van der Waals surface area contributed by atoms with Crippen LogP contribution in [0.4, 0.5) is 13.2 Å². The van der Waals surface area contributed by atoms with E-state index in [4.69, 9.17) is 4.74 Å². The molecular formula is C14H10F3NO2. The lowest BCUT2D eigenvalue weighted by Gasteiger charge is -2.11. The highest BCUT2D eigenvalue weighted by atomic mass is 19.4. The molecule has 0 bridgehead atoms. The summed E-state index contributed by atoms with van der Waals surface area (Å²) < 4.78 is 43.0. The number of benzene rings is 1. The second-order valence-corrected chi connectivity index (χ2v) is 4.06. The van der Waals surface area contributed by atoms with Gasteiger partial charge in [0.15, 0.2) is 5.78 Å². The molecule has 0 aliphatic carbocycles. The van der Waals surface area contributed by atoms with Crippen molar-refractivity contribution in [3.63, 3.8) is 0 Å². The fourth-order valence-corrected chi connectivity index (χ4v) is 1.60. The molecule has 1 heterocycles. The van der Waals surface area contributed by atoms with Crippen LogP contribution in [0.25, 0.3) is 0 Å². The summed E-state index contributed by atoms with van der Waals surface area (Å²) in [5, 5.41) is 0. The molecule has 104 valence electrons. The van der Waals surface area contributed by atoms with Crippen LogP contribution in [0, 0.1) is 0 Å². The third-order valence-electron chi connectivity index (χ3n) is 2.53. The van der Waals surface area contributed by atoms with E-state index in [9.17, 15) is 18.0 Å². The zero-order chi connectivity index (χ0) is 14.8. The van der Waals surface area contributed by atoms with Crippen molar-refractivity contribution in [2.45, 2.75) is 13.1 Å². The minimum absolute atomic E-state index is 0.0754. The number of halogens is 3. The molecular weight excluding hydrogens is 271 g/mol. The van der Waals surface area contributed by atoms with Crippen molar-refractivity contribution in [2.75, 3.05) is 0 Å². The van der Waals surface area contributed by atoms with Gasteiger partial charge in [0, 0.05) is 6.20 Å². The molecule has 0 amide bonds. The number of ether oxygens (including phenoxy) is 1. The van der Waals surface area contributed by atoms with Gasteiger partial charge in [-0.05, 0) is 25.1 Å². The molecule has 1 aromatic carbocycles. The fourth-order valence-electron chi connectivity index (χ4n) is 1.60. The van der Waals surface area contributed by atoms with E-state index in [0.29, 0.717) is 11.8 Å². The van der Waals surface area contributed by atoms with Crippen LogP contribution < -0.4 is 4.74 Å². The number of carbonyl (C=O) groups is 1. The summed E-state index contributed by atoms with van der Waals surface area (Å²) in [6.45, 7) is 1.35. The van der Waals surface area contributed by atoms with Gasteiger partial charge >= 0.3 is 6.18 Å². The normalized spacial score (nSPS) is 11.2. The highest BCUT2D eigenvalue weighted by Gasteiger charge is 2.31. The molecule has 6 heteroatoms. The number of aromatic nitrogens is 1. The second kappa shape index (κ2) is 5.32. The van der Waals surface area contributed by atoms with Gasteiger partial charge in [-0.3, -0.25) is 9.78 Å². The average Bonchev–Trinajstić information content (AvgIpc) is 2.38. The van der Waals surface area contributed by atoms with Gasteiger partial charge in [-0.1, -0.05) is 12.1 Å².